The summed E-state index contributed by atoms with van der Waals surface area (Å²) >= 11 is 6.37. The van der Waals surface area contributed by atoms with Gasteiger partial charge in [0, 0.05) is 37.7 Å². The van der Waals surface area contributed by atoms with Gasteiger partial charge in [-0.25, -0.2) is 0 Å². The molecule has 5 rings (SSSR count). The Bertz CT molecular complexity index is 1210. The molecule has 1 fully saturated rings. The number of nitrogens with one attached hydrogen (secondary N) is 1. The van der Waals surface area contributed by atoms with Crippen molar-refractivity contribution >= 4 is 23.3 Å². The monoisotopic (exact) mass is 449 g/mol. The Kier molecular flexibility index (Phi) is 5.05. The summed E-state index contributed by atoms with van der Waals surface area (Å²) in [6.45, 7) is 5.05. The summed E-state index contributed by atoms with van der Waals surface area (Å²) in [5.41, 5.74) is 4.45. The van der Waals surface area contributed by atoms with E-state index in [9.17, 15) is 9.59 Å². The van der Waals surface area contributed by atoms with Crippen molar-refractivity contribution in [3.8, 4) is 17.0 Å². The summed E-state index contributed by atoms with van der Waals surface area (Å²) in [5, 5.41) is 7.30. The number of amides is 1. The highest BCUT2D eigenvalue weighted by Crippen LogP contribution is 2.40. The molecule has 2 aliphatic heterocycles. The molecule has 0 unspecified atom stereocenters. The van der Waals surface area contributed by atoms with Crippen molar-refractivity contribution in [2.24, 2.45) is 0 Å². The molecular weight excluding hydrogens is 426 g/mol. The SMILES string of the molecule is Cc1cc2c(cc1C)C(=O)CC1(CCN(C(=O)c3cc(-c4ccn[nH]4)ccc3Cl)CC1)O2. The number of benzene rings is 2. The summed E-state index contributed by atoms with van der Waals surface area (Å²) < 4.78 is 6.40. The van der Waals surface area contributed by atoms with Crippen LogP contribution in [-0.4, -0.2) is 45.5 Å². The van der Waals surface area contributed by atoms with Gasteiger partial charge < -0.3 is 9.64 Å². The van der Waals surface area contributed by atoms with E-state index >= 15 is 0 Å². The molecule has 1 saturated heterocycles. The minimum Gasteiger partial charge on any atom is -0.486 e. The molecule has 1 spiro atoms. The second-order valence-corrected chi connectivity index (χ2v) is 9.18. The number of piperidine rings is 1. The molecule has 3 heterocycles. The molecule has 0 radical (unpaired) electrons. The van der Waals surface area contributed by atoms with E-state index in [1.54, 1.807) is 23.2 Å². The fourth-order valence-electron chi connectivity index (χ4n) is 4.59. The number of ketones is 1. The van der Waals surface area contributed by atoms with Crippen LogP contribution < -0.4 is 4.74 Å². The summed E-state index contributed by atoms with van der Waals surface area (Å²) in [6.07, 6.45) is 3.23. The Hall–Kier alpha value is -3.12. The molecule has 164 valence electrons. The van der Waals surface area contributed by atoms with Crippen molar-refractivity contribution in [3.63, 3.8) is 0 Å². The average Bonchev–Trinajstić information content (AvgIpc) is 3.31. The number of halogens is 1. The van der Waals surface area contributed by atoms with E-state index in [4.69, 9.17) is 16.3 Å². The number of nitrogens with zero attached hydrogens (tertiary/aromatic N) is 2. The molecule has 0 saturated carbocycles. The molecule has 32 heavy (non-hydrogen) atoms. The van der Waals surface area contributed by atoms with Crippen LogP contribution in [0.15, 0.2) is 42.6 Å². The Morgan fingerprint density at radius 2 is 1.88 bits per heavy atom. The minimum absolute atomic E-state index is 0.111. The van der Waals surface area contributed by atoms with Gasteiger partial charge in [-0.05, 0) is 55.3 Å². The van der Waals surface area contributed by atoms with Crippen LogP contribution in [0.2, 0.25) is 5.02 Å². The summed E-state index contributed by atoms with van der Waals surface area (Å²) in [7, 11) is 0. The van der Waals surface area contributed by atoms with Crippen LogP contribution in [0.1, 0.15) is 51.1 Å². The fourth-order valence-corrected chi connectivity index (χ4v) is 4.79. The number of aromatic amines is 1. The van der Waals surface area contributed by atoms with Crippen molar-refractivity contribution in [1.82, 2.24) is 15.1 Å². The van der Waals surface area contributed by atoms with Gasteiger partial charge in [0.05, 0.1) is 28.3 Å². The quantitative estimate of drug-likeness (QED) is 0.598. The molecule has 3 aromatic rings. The van der Waals surface area contributed by atoms with Gasteiger partial charge in [0.1, 0.15) is 11.4 Å². The van der Waals surface area contributed by atoms with E-state index in [1.165, 1.54) is 0 Å². The molecule has 1 amide bonds. The molecule has 7 heteroatoms. The van der Waals surface area contributed by atoms with Gasteiger partial charge in [-0.3, -0.25) is 14.7 Å². The van der Waals surface area contributed by atoms with Crippen molar-refractivity contribution < 1.29 is 14.3 Å². The lowest BCUT2D eigenvalue weighted by atomic mass is 9.81. The van der Waals surface area contributed by atoms with Crippen LogP contribution in [0, 0.1) is 13.8 Å². The fraction of sp³-hybridized carbons (Fsp3) is 0.320. The normalized spacial score (nSPS) is 17.2. The van der Waals surface area contributed by atoms with Crippen molar-refractivity contribution in [2.75, 3.05) is 13.1 Å². The van der Waals surface area contributed by atoms with Gasteiger partial charge in [-0.2, -0.15) is 5.10 Å². The number of likely N-dealkylation sites (tertiary alicyclic amines) is 1. The number of hydrogen-bond donors (Lipinski definition) is 1. The second kappa shape index (κ2) is 7.78. The first-order chi connectivity index (χ1) is 15.3. The standard InChI is InChI=1S/C25H24ClN3O3/c1-15-11-19-22(30)14-25(32-23(19)12-16(15)2)6-9-29(10-7-25)24(31)18-13-17(3-4-20(18)26)21-5-8-27-28-21/h3-5,8,11-13H,6-7,9-10,14H2,1-2H3,(H,27,28). The van der Waals surface area contributed by atoms with Crippen LogP contribution in [0.3, 0.4) is 0 Å². The third kappa shape index (κ3) is 3.58. The van der Waals surface area contributed by atoms with Crippen LogP contribution in [0.25, 0.3) is 11.3 Å². The number of aromatic nitrogens is 2. The third-order valence-corrected chi connectivity index (χ3v) is 7.01. The van der Waals surface area contributed by atoms with Gasteiger partial charge in [0.25, 0.3) is 5.91 Å². The molecule has 2 aliphatic rings. The number of rotatable bonds is 2. The predicted molar refractivity (Wildman–Crippen MR) is 122 cm³/mol. The number of hydrogen-bond acceptors (Lipinski definition) is 4. The summed E-state index contributed by atoms with van der Waals surface area (Å²) in [6, 6.07) is 11.1. The molecule has 0 aliphatic carbocycles. The number of fused-ring (bicyclic) bond motifs is 1. The zero-order valence-electron chi connectivity index (χ0n) is 18.1. The minimum atomic E-state index is -0.551. The number of H-pyrrole nitrogens is 1. The summed E-state index contributed by atoms with van der Waals surface area (Å²) in [4.78, 5) is 27.9. The van der Waals surface area contributed by atoms with Crippen LogP contribution in [0.4, 0.5) is 0 Å². The van der Waals surface area contributed by atoms with Crippen molar-refractivity contribution in [1.29, 1.82) is 0 Å². The van der Waals surface area contributed by atoms with E-state index in [-0.39, 0.29) is 11.7 Å². The van der Waals surface area contributed by atoms with Crippen molar-refractivity contribution in [3.05, 3.63) is 69.9 Å². The zero-order chi connectivity index (χ0) is 22.5. The Labute approximate surface area is 191 Å². The van der Waals surface area contributed by atoms with Crippen LogP contribution in [0.5, 0.6) is 5.75 Å². The molecule has 1 N–H and O–H groups in total. The highest BCUT2D eigenvalue weighted by atomic mass is 35.5. The predicted octanol–water partition coefficient (Wildman–Crippen LogP) is 4.99. The lowest BCUT2D eigenvalue weighted by molar-refractivity contribution is -0.00574. The number of Topliss-reactive ketones (excluding diaryl/α,β-unsaturated/α-hetero) is 1. The maximum atomic E-state index is 13.3. The highest BCUT2D eigenvalue weighted by Gasteiger charge is 2.44. The van der Waals surface area contributed by atoms with Crippen LogP contribution >= 0.6 is 11.6 Å². The van der Waals surface area contributed by atoms with E-state index in [0.717, 1.165) is 22.4 Å². The number of aryl methyl sites for hydroxylation is 2. The van der Waals surface area contributed by atoms with E-state index in [2.05, 4.69) is 10.2 Å². The van der Waals surface area contributed by atoms with E-state index in [0.29, 0.717) is 54.3 Å². The molecule has 6 nitrogen and oxygen atoms in total. The van der Waals surface area contributed by atoms with Crippen molar-refractivity contribution in [2.45, 2.75) is 38.7 Å². The zero-order valence-corrected chi connectivity index (χ0v) is 18.8. The molecule has 1 aromatic heterocycles. The number of carbonyl (C=O) groups excluding carboxylic acids is 2. The van der Waals surface area contributed by atoms with Gasteiger partial charge >= 0.3 is 0 Å². The first kappa shape index (κ1) is 20.8. The van der Waals surface area contributed by atoms with E-state index in [1.807, 2.05) is 38.1 Å². The lowest BCUT2D eigenvalue weighted by Gasteiger charge is -2.44. The van der Waals surface area contributed by atoms with Gasteiger partial charge in [0.15, 0.2) is 5.78 Å². The van der Waals surface area contributed by atoms with Gasteiger partial charge in [0.2, 0.25) is 0 Å². The smallest absolute Gasteiger partial charge is 0.255 e. The topological polar surface area (TPSA) is 75.3 Å². The summed E-state index contributed by atoms with van der Waals surface area (Å²) in [5.74, 6) is 0.670. The lowest BCUT2D eigenvalue weighted by Crippen LogP contribution is -2.52. The molecule has 0 bridgehead atoms. The maximum absolute atomic E-state index is 13.3. The highest BCUT2D eigenvalue weighted by molar-refractivity contribution is 6.34. The largest absolute Gasteiger partial charge is 0.486 e. The van der Waals surface area contributed by atoms with Crippen LogP contribution in [-0.2, 0) is 0 Å². The molecule has 0 atom stereocenters. The number of ether oxygens (including phenoxy) is 1. The second-order valence-electron chi connectivity index (χ2n) is 8.77. The Morgan fingerprint density at radius 3 is 2.59 bits per heavy atom. The Morgan fingerprint density at radius 1 is 1.12 bits per heavy atom. The average molecular weight is 450 g/mol. The molecule has 2 aromatic carbocycles. The first-order valence-corrected chi connectivity index (χ1v) is 11.2. The van der Waals surface area contributed by atoms with Gasteiger partial charge in [-0.15, -0.1) is 0 Å². The third-order valence-electron chi connectivity index (χ3n) is 6.68. The maximum Gasteiger partial charge on any atom is 0.255 e. The van der Waals surface area contributed by atoms with Gasteiger partial charge in [-0.1, -0.05) is 17.7 Å². The molecular formula is C25H24ClN3O3. The Balaban J connectivity index is 1.34. The first-order valence-electron chi connectivity index (χ1n) is 10.8. The van der Waals surface area contributed by atoms with E-state index < -0.39 is 5.60 Å². The number of carbonyl (C=O) groups is 2.